The van der Waals surface area contributed by atoms with Gasteiger partial charge in [-0.2, -0.15) is 0 Å². The van der Waals surface area contributed by atoms with Crippen LogP contribution in [0.1, 0.15) is 39.1 Å². The van der Waals surface area contributed by atoms with Crippen LogP contribution in [0.4, 0.5) is 0 Å². The van der Waals surface area contributed by atoms with Crippen LogP contribution in [-0.2, 0) is 0 Å². The number of H-pyrrole nitrogens is 1. The monoisotopic (exact) mass is 275 g/mol. The lowest BCUT2D eigenvalue weighted by Crippen LogP contribution is -2.28. The van der Waals surface area contributed by atoms with E-state index in [2.05, 4.69) is 9.97 Å². The van der Waals surface area contributed by atoms with Crippen LogP contribution in [0.3, 0.4) is 0 Å². The van der Waals surface area contributed by atoms with Crippen molar-refractivity contribution in [3.05, 3.63) is 39.6 Å². The molecule has 2 aromatic rings. The maximum atomic E-state index is 12.4. The molecule has 0 bridgehead atoms. The minimum atomic E-state index is 0.165. The van der Waals surface area contributed by atoms with Gasteiger partial charge in [0, 0.05) is 30.9 Å². The molecule has 0 unspecified atom stereocenters. The number of imidazole rings is 1. The van der Waals surface area contributed by atoms with E-state index in [-0.39, 0.29) is 5.91 Å². The Balaban J connectivity index is 1.72. The first-order chi connectivity index (χ1) is 9.15. The molecule has 1 saturated heterocycles. The number of likely N-dealkylation sites (tertiary alicyclic amines) is 1. The van der Waals surface area contributed by atoms with E-state index >= 15 is 0 Å². The van der Waals surface area contributed by atoms with E-state index in [1.165, 1.54) is 11.3 Å². The van der Waals surface area contributed by atoms with Crippen LogP contribution in [0.5, 0.6) is 0 Å². The number of aromatic nitrogens is 2. The maximum Gasteiger partial charge on any atom is 0.264 e. The summed E-state index contributed by atoms with van der Waals surface area (Å²) < 4.78 is 0. The van der Waals surface area contributed by atoms with Crippen molar-refractivity contribution in [2.75, 3.05) is 13.1 Å². The number of carbonyl (C=O) groups is 1. The van der Waals surface area contributed by atoms with E-state index in [4.69, 9.17) is 0 Å². The number of rotatable bonds is 2. The van der Waals surface area contributed by atoms with E-state index in [1.54, 1.807) is 0 Å². The molecule has 4 nitrogen and oxygen atoms in total. The molecule has 2 aromatic heterocycles. The van der Waals surface area contributed by atoms with Crippen LogP contribution in [0, 0.1) is 13.8 Å². The van der Waals surface area contributed by atoms with E-state index in [0.29, 0.717) is 5.92 Å². The third kappa shape index (κ3) is 2.30. The van der Waals surface area contributed by atoms with Crippen molar-refractivity contribution in [1.29, 1.82) is 0 Å². The highest BCUT2D eigenvalue weighted by Crippen LogP contribution is 2.28. The maximum absolute atomic E-state index is 12.4. The van der Waals surface area contributed by atoms with Crippen molar-refractivity contribution < 1.29 is 4.79 Å². The van der Waals surface area contributed by atoms with Crippen molar-refractivity contribution >= 4 is 17.2 Å². The SMILES string of the molecule is Cc1cnc([C@H]2CCN(C(=O)c3sccc3C)C2)[nH]1. The van der Waals surface area contributed by atoms with Gasteiger partial charge in [-0.15, -0.1) is 11.3 Å². The fourth-order valence-corrected chi connectivity index (χ4v) is 3.44. The predicted molar refractivity (Wildman–Crippen MR) is 75.6 cm³/mol. The molecule has 100 valence electrons. The molecule has 3 rings (SSSR count). The summed E-state index contributed by atoms with van der Waals surface area (Å²) in [7, 11) is 0. The lowest BCUT2D eigenvalue weighted by molar-refractivity contribution is 0.0794. The summed E-state index contributed by atoms with van der Waals surface area (Å²) in [5.74, 6) is 1.52. The van der Waals surface area contributed by atoms with Gasteiger partial charge in [0.1, 0.15) is 5.82 Å². The largest absolute Gasteiger partial charge is 0.346 e. The number of carbonyl (C=O) groups excluding carboxylic acids is 1. The van der Waals surface area contributed by atoms with E-state index in [1.807, 2.05) is 36.4 Å². The summed E-state index contributed by atoms with van der Waals surface area (Å²) in [6.07, 6.45) is 2.84. The smallest absolute Gasteiger partial charge is 0.264 e. The Hall–Kier alpha value is -1.62. The van der Waals surface area contributed by atoms with E-state index in [0.717, 1.165) is 41.5 Å². The lowest BCUT2D eigenvalue weighted by atomic mass is 10.1. The van der Waals surface area contributed by atoms with Crippen molar-refractivity contribution in [3.8, 4) is 0 Å². The van der Waals surface area contributed by atoms with Gasteiger partial charge in [0.05, 0.1) is 4.88 Å². The summed E-state index contributed by atoms with van der Waals surface area (Å²) in [5, 5.41) is 1.98. The second kappa shape index (κ2) is 4.81. The summed E-state index contributed by atoms with van der Waals surface area (Å²) >= 11 is 1.53. The Morgan fingerprint density at radius 3 is 3.00 bits per heavy atom. The molecule has 0 spiro atoms. The van der Waals surface area contributed by atoms with Gasteiger partial charge >= 0.3 is 0 Å². The van der Waals surface area contributed by atoms with Crippen LogP contribution in [-0.4, -0.2) is 33.9 Å². The number of nitrogens with zero attached hydrogens (tertiary/aromatic N) is 2. The Bertz CT molecular complexity index is 601. The average molecular weight is 275 g/mol. The molecular weight excluding hydrogens is 258 g/mol. The summed E-state index contributed by atoms with van der Waals surface area (Å²) in [5.41, 5.74) is 2.15. The molecule has 5 heteroatoms. The molecule has 19 heavy (non-hydrogen) atoms. The molecule has 1 aliphatic heterocycles. The third-order valence-electron chi connectivity index (χ3n) is 3.64. The third-order valence-corrected chi connectivity index (χ3v) is 4.65. The topological polar surface area (TPSA) is 49.0 Å². The number of thiophene rings is 1. The second-order valence-corrected chi connectivity index (χ2v) is 6.04. The Morgan fingerprint density at radius 2 is 2.37 bits per heavy atom. The van der Waals surface area contributed by atoms with Crippen molar-refractivity contribution in [3.63, 3.8) is 0 Å². The van der Waals surface area contributed by atoms with Crippen LogP contribution >= 0.6 is 11.3 Å². The Morgan fingerprint density at radius 1 is 1.53 bits per heavy atom. The molecule has 1 amide bonds. The Labute approximate surface area is 116 Å². The minimum Gasteiger partial charge on any atom is -0.346 e. The summed E-state index contributed by atoms with van der Waals surface area (Å²) in [4.78, 5) is 22.9. The number of amides is 1. The van der Waals surface area contributed by atoms with Gasteiger partial charge in [-0.25, -0.2) is 4.98 Å². The molecule has 0 aromatic carbocycles. The number of aromatic amines is 1. The minimum absolute atomic E-state index is 0.165. The normalized spacial score (nSPS) is 19.1. The molecule has 1 fully saturated rings. The van der Waals surface area contributed by atoms with Gasteiger partial charge in [-0.1, -0.05) is 0 Å². The predicted octanol–water partition coefficient (Wildman–Crippen LogP) is 2.72. The van der Waals surface area contributed by atoms with E-state index in [9.17, 15) is 4.79 Å². The fraction of sp³-hybridized carbons (Fsp3) is 0.429. The molecule has 1 N–H and O–H groups in total. The standard InChI is InChI=1S/C14H17N3OS/c1-9-4-6-19-12(9)14(18)17-5-3-11(8-17)13-15-7-10(2)16-13/h4,6-7,11H,3,5,8H2,1-2H3,(H,15,16)/t11-/m0/s1. The number of aryl methyl sites for hydroxylation is 2. The van der Waals surface area contributed by atoms with Crippen LogP contribution < -0.4 is 0 Å². The number of hydrogen-bond acceptors (Lipinski definition) is 3. The first-order valence-corrected chi connectivity index (χ1v) is 7.38. The number of nitrogens with one attached hydrogen (secondary N) is 1. The quantitative estimate of drug-likeness (QED) is 0.916. The highest BCUT2D eigenvalue weighted by molar-refractivity contribution is 7.12. The Kier molecular flexibility index (Phi) is 3.14. The zero-order chi connectivity index (χ0) is 13.4. The van der Waals surface area contributed by atoms with Crippen LogP contribution in [0.25, 0.3) is 0 Å². The van der Waals surface area contributed by atoms with Crippen molar-refractivity contribution in [2.24, 2.45) is 0 Å². The summed E-state index contributed by atoms with van der Waals surface area (Å²) in [6.45, 7) is 5.58. The molecular formula is C14H17N3OS. The van der Waals surface area contributed by atoms with Gasteiger partial charge in [0.15, 0.2) is 0 Å². The van der Waals surface area contributed by atoms with Gasteiger partial charge in [0.2, 0.25) is 0 Å². The summed E-state index contributed by atoms with van der Waals surface area (Å²) in [6, 6.07) is 2.00. The van der Waals surface area contributed by atoms with Gasteiger partial charge in [-0.05, 0) is 37.3 Å². The zero-order valence-corrected chi connectivity index (χ0v) is 12.0. The molecule has 1 aliphatic rings. The van der Waals surface area contributed by atoms with E-state index < -0.39 is 0 Å². The highest BCUT2D eigenvalue weighted by atomic mass is 32.1. The second-order valence-electron chi connectivity index (χ2n) is 5.12. The van der Waals surface area contributed by atoms with Crippen molar-refractivity contribution in [2.45, 2.75) is 26.2 Å². The molecule has 0 saturated carbocycles. The number of hydrogen-bond donors (Lipinski definition) is 1. The zero-order valence-electron chi connectivity index (χ0n) is 11.1. The van der Waals surface area contributed by atoms with Crippen LogP contribution in [0.2, 0.25) is 0 Å². The van der Waals surface area contributed by atoms with Crippen LogP contribution in [0.15, 0.2) is 17.6 Å². The average Bonchev–Trinajstić information content (AvgIpc) is 3.07. The van der Waals surface area contributed by atoms with Gasteiger partial charge in [0.25, 0.3) is 5.91 Å². The first-order valence-electron chi connectivity index (χ1n) is 6.50. The lowest BCUT2D eigenvalue weighted by Gasteiger charge is -2.15. The first kappa shape index (κ1) is 12.4. The highest BCUT2D eigenvalue weighted by Gasteiger charge is 2.30. The van der Waals surface area contributed by atoms with Gasteiger partial charge in [-0.3, -0.25) is 4.79 Å². The molecule has 0 aliphatic carbocycles. The molecule has 3 heterocycles. The van der Waals surface area contributed by atoms with Crippen molar-refractivity contribution in [1.82, 2.24) is 14.9 Å². The molecule has 0 radical (unpaired) electrons. The van der Waals surface area contributed by atoms with Gasteiger partial charge < -0.3 is 9.88 Å². The molecule has 1 atom stereocenters. The fourth-order valence-electron chi connectivity index (χ4n) is 2.54.